The van der Waals surface area contributed by atoms with E-state index in [1.807, 2.05) is 0 Å². The molecule has 0 bridgehead atoms. The van der Waals surface area contributed by atoms with E-state index < -0.39 is 41.6 Å². The Morgan fingerprint density at radius 3 is 2.35 bits per heavy atom. The van der Waals surface area contributed by atoms with Crippen LogP contribution in [0.25, 0.3) is 0 Å². The molecule has 0 saturated carbocycles. The molecule has 0 radical (unpaired) electrons. The number of amidine groups is 1. The average Bonchev–Trinajstić information content (AvgIpc) is 2.58. The Hall–Kier alpha value is -2.75. The van der Waals surface area contributed by atoms with Crippen LogP contribution in [0.3, 0.4) is 0 Å². The van der Waals surface area contributed by atoms with Crippen LogP contribution in [0.15, 0.2) is 34.5 Å². The van der Waals surface area contributed by atoms with Crippen LogP contribution < -0.4 is 16.2 Å². The highest BCUT2D eigenvalue weighted by Gasteiger charge is 2.38. The number of rotatable bonds is 6. The van der Waals surface area contributed by atoms with Crippen molar-refractivity contribution in [1.82, 2.24) is 0 Å². The molecule has 11 heteroatoms. The molecule has 0 atom stereocenters. The van der Waals surface area contributed by atoms with E-state index in [9.17, 15) is 22.8 Å². The van der Waals surface area contributed by atoms with Gasteiger partial charge in [0.05, 0.1) is 12.1 Å². The van der Waals surface area contributed by atoms with Crippen molar-refractivity contribution in [2.45, 2.75) is 6.18 Å². The zero-order chi connectivity index (χ0) is 20.1. The molecule has 0 aliphatic rings. The number of carbonyl (C=O) groups is 2. The van der Waals surface area contributed by atoms with Crippen LogP contribution in [0.4, 0.5) is 13.2 Å². The van der Waals surface area contributed by atoms with Gasteiger partial charge in [-0.05, 0) is 18.2 Å². The summed E-state index contributed by atoms with van der Waals surface area (Å²) in [5.41, 5.74) is 7.24. The number of nitrogens with zero attached hydrogens (tertiary/aromatic N) is 1. The maximum atomic E-state index is 12.7. The molecule has 7 nitrogen and oxygen atoms in total. The number of alkyl halides is 3. The minimum atomic E-state index is -5.03. The summed E-state index contributed by atoms with van der Waals surface area (Å²) in [6.45, 7) is -0.878. The Morgan fingerprint density at radius 1 is 1.27 bits per heavy atom. The SMILES string of the molecule is CN=C(N)C(C(=O)OCC(=O)c1ccc(OC)cc1Cl)=C(N)C(F)(F)F. The van der Waals surface area contributed by atoms with Gasteiger partial charge in [0.25, 0.3) is 0 Å². The van der Waals surface area contributed by atoms with E-state index in [4.69, 9.17) is 27.8 Å². The maximum Gasteiger partial charge on any atom is 0.431 e. The lowest BCUT2D eigenvalue weighted by atomic mass is 10.1. The van der Waals surface area contributed by atoms with Gasteiger partial charge in [0.2, 0.25) is 5.78 Å². The van der Waals surface area contributed by atoms with E-state index in [1.54, 1.807) is 0 Å². The van der Waals surface area contributed by atoms with Gasteiger partial charge in [0, 0.05) is 12.6 Å². The zero-order valence-corrected chi connectivity index (χ0v) is 14.4. The van der Waals surface area contributed by atoms with Crippen LogP contribution in [-0.4, -0.2) is 44.5 Å². The average molecular weight is 394 g/mol. The number of methoxy groups -OCH3 is 1. The molecular weight excluding hydrogens is 379 g/mol. The molecular formula is C15H15ClF3N3O4. The van der Waals surface area contributed by atoms with Crippen LogP contribution in [0.1, 0.15) is 10.4 Å². The van der Waals surface area contributed by atoms with Gasteiger partial charge >= 0.3 is 12.1 Å². The van der Waals surface area contributed by atoms with Crippen molar-refractivity contribution in [2.75, 3.05) is 20.8 Å². The molecule has 1 aromatic carbocycles. The maximum absolute atomic E-state index is 12.7. The predicted molar refractivity (Wildman–Crippen MR) is 88.1 cm³/mol. The third-order valence-electron chi connectivity index (χ3n) is 3.09. The molecule has 0 saturated heterocycles. The topological polar surface area (TPSA) is 117 Å². The van der Waals surface area contributed by atoms with Crippen molar-refractivity contribution in [3.63, 3.8) is 0 Å². The Morgan fingerprint density at radius 2 is 1.88 bits per heavy atom. The summed E-state index contributed by atoms with van der Waals surface area (Å²) in [7, 11) is 2.46. The predicted octanol–water partition coefficient (Wildman–Crippen LogP) is 1.84. The molecule has 4 N–H and O–H groups in total. The van der Waals surface area contributed by atoms with Crippen molar-refractivity contribution in [2.24, 2.45) is 16.5 Å². The van der Waals surface area contributed by atoms with Gasteiger partial charge in [0.15, 0.2) is 6.61 Å². The third kappa shape index (κ3) is 5.12. The second-order valence-electron chi connectivity index (χ2n) is 4.74. The van der Waals surface area contributed by atoms with Gasteiger partial charge in [-0.2, -0.15) is 13.2 Å². The van der Waals surface area contributed by atoms with Crippen molar-refractivity contribution in [3.05, 3.63) is 40.1 Å². The number of nitrogens with two attached hydrogens (primary N) is 2. The number of allylic oxidation sites excluding steroid dienone is 1. The first-order valence-corrected chi connectivity index (χ1v) is 7.24. The highest BCUT2D eigenvalue weighted by atomic mass is 35.5. The highest BCUT2D eigenvalue weighted by molar-refractivity contribution is 6.34. The van der Waals surface area contributed by atoms with Crippen molar-refractivity contribution >= 4 is 29.2 Å². The van der Waals surface area contributed by atoms with E-state index in [-0.39, 0.29) is 10.6 Å². The van der Waals surface area contributed by atoms with Crippen molar-refractivity contribution in [3.8, 4) is 5.75 Å². The molecule has 0 spiro atoms. The first-order chi connectivity index (χ1) is 12.0. The number of Topliss-reactive ketones (excluding diaryl/α,β-unsaturated/α-hetero) is 1. The van der Waals surface area contributed by atoms with Crippen LogP contribution in [0, 0.1) is 0 Å². The highest BCUT2D eigenvalue weighted by Crippen LogP contribution is 2.25. The van der Waals surface area contributed by atoms with Gasteiger partial charge < -0.3 is 20.9 Å². The fraction of sp³-hybridized carbons (Fsp3) is 0.267. The molecule has 0 amide bonds. The van der Waals surface area contributed by atoms with Gasteiger partial charge in [-0.3, -0.25) is 9.79 Å². The van der Waals surface area contributed by atoms with E-state index >= 15 is 0 Å². The standard InChI is InChI=1S/C15H15ClF3N3O4/c1-22-13(21)11(12(20)15(17,18)19)14(24)26-6-10(23)8-4-3-7(25-2)5-9(8)16/h3-5H,6,20H2,1-2H3,(H2,21,22). The summed E-state index contributed by atoms with van der Waals surface area (Å²) >= 11 is 5.91. The van der Waals surface area contributed by atoms with Crippen molar-refractivity contribution < 1.29 is 32.2 Å². The van der Waals surface area contributed by atoms with E-state index in [1.165, 1.54) is 25.3 Å². The summed E-state index contributed by atoms with van der Waals surface area (Å²) in [4.78, 5) is 27.3. The first-order valence-electron chi connectivity index (χ1n) is 6.86. The quantitative estimate of drug-likeness (QED) is 0.250. The number of hydrogen-bond donors (Lipinski definition) is 2. The van der Waals surface area contributed by atoms with Crippen LogP contribution >= 0.6 is 11.6 Å². The number of carbonyl (C=O) groups excluding carboxylic acids is 2. The Bertz CT molecular complexity index is 776. The molecule has 1 aromatic rings. The number of benzene rings is 1. The molecule has 26 heavy (non-hydrogen) atoms. The molecule has 0 unspecified atom stereocenters. The number of aliphatic imine (C=N–C) groups is 1. The minimum absolute atomic E-state index is 0.00767. The monoisotopic (exact) mass is 393 g/mol. The Labute approximate surface area is 151 Å². The van der Waals surface area contributed by atoms with Crippen LogP contribution in [0.5, 0.6) is 5.75 Å². The van der Waals surface area contributed by atoms with Gasteiger partial charge in [-0.15, -0.1) is 0 Å². The van der Waals surface area contributed by atoms with Gasteiger partial charge in [0.1, 0.15) is 22.9 Å². The minimum Gasteiger partial charge on any atom is -0.497 e. The first kappa shape index (κ1) is 21.3. The summed E-state index contributed by atoms with van der Waals surface area (Å²) in [6, 6.07) is 4.11. The summed E-state index contributed by atoms with van der Waals surface area (Å²) in [5.74, 6) is -2.68. The fourth-order valence-corrected chi connectivity index (χ4v) is 2.01. The fourth-order valence-electron chi connectivity index (χ4n) is 1.74. The Kier molecular flexibility index (Phi) is 7.01. The lowest BCUT2D eigenvalue weighted by Gasteiger charge is -2.13. The second-order valence-corrected chi connectivity index (χ2v) is 5.15. The summed E-state index contributed by atoms with van der Waals surface area (Å²) < 4.78 is 47.8. The third-order valence-corrected chi connectivity index (χ3v) is 3.40. The molecule has 142 valence electrons. The van der Waals surface area contributed by atoms with E-state index in [0.717, 1.165) is 7.05 Å². The number of halogens is 4. The number of ketones is 1. The van der Waals surface area contributed by atoms with Gasteiger partial charge in [-0.25, -0.2) is 4.79 Å². The molecule has 0 aromatic heterocycles. The normalized spacial score (nSPS) is 13.1. The second kappa shape index (κ2) is 8.56. The van der Waals surface area contributed by atoms with Gasteiger partial charge in [-0.1, -0.05) is 11.6 Å². The van der Waals surface area contributed by atoms with Crippen molar-refractivity contribution in [1.29, 1.82) is 0 Å². The number of esters is 1. The summed E-state index contributed by atoms with van der Waals surface area (Å²) in [5, 5.41) is 0.0191. The molecule has 0 fully saturated rings. The Balaban J connectivity index is 3.00. The largest absolute Gasteiger partial charge is 0.497 e. The molecule has 1 rings (SSSR count). The van der Waals surface area contributed by atoms with E-state index in [2.05, 4.69) is 9.73 Å². The molecule has 0 heterocycles. The molecule has 0 aliphatic carbocycles. The zero-order valence-electron chi connectivity index (χ0n) is 13.7. The van der Waals surface area contributed by atoms with Crippen LogP contribution in [0.2, 0.25) is 5.02 Å². The number of hydrogen-bond acceptors (Lipinski definition) is 6. The summed E-state index contributed by atoms with van der Waals surface area (Å²) in [6.07, 6.45) is -5.03. The molecule has 0 aliphatic heterocycles. The number of ether oxygens (including phenoxy) is 2. The smallest absolute Gasteiger partial charge is 0.431 e. The van der Waals surface area contributed by atoms with Crippen LogP contribution in [-0.2, 0) is 9.53 Å². The lowest BCUT2D eigenvalue weighted by Crippen LogP contribution is -2.33. The lowest BCUT2D eigenvalue weighted by molar-refractivity contribution is -0.138. The van der Waals surface area contributed by atoms with E-state index in [0.29, 0.717) is 5.75 Å².